The topological polar surface area (TPSA) is 26.3 Å². The van der Waals surface area contributed by atoms with Crippen LogP contribution in [-0.4, -0.2) is 11.4 Å². The molecule has 2 rings (SSSR count). The molecule has 0 aliphatic carbocycles. The van der Waals surface area contributed by atoms with Gasteiger partial charge in [-0.1, -0.05) is 24.3 Å². The van der Waals surface area contributed by atoms with Crippen molar-refractivity contribution in [1.29, 1.82) is 0 Å². The molecule has 0 spiro atoms. The Balaban J connectivity index is 2.61. The van der Waals surface area contributed by atoms with E-state index >= 15 is 0 Å². The zero-order valence-electron chi connectivity index (χ0n) is 11.3. The van der Waals surface area contributed by atoms with Gasteiger partial charge in [-0.25, -0.2) is 0 Å². The third-order valence-corrected chi connectivity index (χ3v) is 2.64. The zero-order valence-corrected chi connectivity index (χ0v) is 11.3. The first-order valence-electron chi connectivity index (χ1n) is 6.09. The van der Waals surface area contributed by atoms with Crippen LogP contribution >= 0.6 is 0 Å². The summed E-state index contributed by atoms with van der Waals surface area (Å²) in [5, 5.41) is 2.01. The van der Waals surface area contributed by atoms with Crippen molar-refractivity contribution in [2.45, 2.75) is 33.3 Å². The van der Waals surface area contributed by atoms with E-state index in [0.717, 1.165) is 16.5 Å². The van der Waals surface area contributed by atoms with E-state index in [2.05, 4.69) is 0 Å². The van der Waals surface area contributed by atoms with Gasteiger partial charge in [0.1, 0.15) is 11.4 Å². The minimum absolute atomic E-state index is 0.0607. The molecule has 0 aliphatic heterocycles. The Morgan fingerprint density at radius 2 is 1.78 bits per heavy atom. The lowest BCUT2D eigenvalue weighted by atomic mass is 10.0. The summed E-state index contributed by atoms with van der Waals surface area (Å²) in [6.45, 7) is 7.57. The molecule has 0 heterocycles. The fourth-order valence-electron chi connectivity index (χ4n) is 1.99. The van der Waals surface area contributed by atoms with Crippen molar-refractivity contribution >= 4 is 16.6 Å². The van der Waals surface area contributed by atoms with Crippen LogP contribution in [0, 0.1) is 0 Å². The molecule has 18 heavy (non-hydrogen) atoms. The van der Waals surface area contributed by atoms with Gasteiger partial charge in [0.2, 0.25) is 0 Å². The van der Waals surface area contributed by atoms with Crippen molar-refractivity contribution in [2.24, 2.45) is 0 Å². The van der Waals surface area contributed by atoms with Gasteiger partial charge in [-0.05, 0) is 50.6 Å². The van der Waals surface area contributed by atoms with E-state index in [1.807, 2.05) is 57.2 Å². The number of hydrogen-bond acceptors (Lipinski definition) is 2. The number of rotatable bonds is 2. The van der Waals surface area contributed by atoms with Gasteiger partial charge in [0.05, 0.1) is 0 Å². The first kappa shape index (κ1) is 12.6. The Hall–Kier alpha value is -1.83. The largest absolute Gasteiger partial charge is 0.488 e. The molecule has 2 aromatic carbocycles. The van der Waals surface area contributed by atoms with Crippen LogP contribution in [0.4, 0.5) is 0 Å². The van der Waals surface area contributed by atoms with Crippen LogP contribution in [0.25, 0.3) is 10.8 Å². The molecule has 94 valence electrons. The molecule has 0 unspecified atom stereocenters. The summed E-state index contributed by atoms with van der Waals surface area (Å²) in [6, 6.07) is 11.7. The predicted octanol–water partition coefficient (Wildman–Crippen LogP) is 4.22. The molecule has 0 amide bonds. The minimum Gasteiger partial charge on any atom is -0.488 e. The highest BCUT2D eigenvalue weighted by Gasteiger charge is 2.14. The summed E-state index contributed by atoms with van der Waals surface area (Å²) in [7, 11) is 0. The monoisotopic (exact) mass is 242 g/mol. The van der Waals surface area contributed by atoms with Crippen LogP contribution in [0.2, 0.25) is 0 Å². The molecule has 0 aliphatic rings. The molecule has 0 N–H and O–H groups in total. The van der Waals surface area contributed by atoms with Crippen LogP contribution in [0.3, 0.4) is 0 Å². The minimum atomic E-state index is -0.267. The van der Waals surface area contributed by atoms with Gasteiger partial charge in [0.15, 0.2) is 5.78 Å². The van der Waals surface area contributed by atoms with E-state index in [1.165, 1.54) is 0 Å². The Labute approximate surface area is 108 Å². The predicted molar refractivity (Wildman–Crippen MR) is 74.3 cm³/mol. The number of ketones is 1. The summed E-state index contributed by atoms with van der Waals surface area (Å²) in [6.07, 6.45) is 0. The maximum atomic E-state index is 11.7. The summed E-state index contributed by atoms with van der Waals surface area (Å²) >= 11 is 0. The number of fused-ring (bicyclic) bond motifs is 1. The number of hydrogen-bond donors (Lipinski definition) is 0. The number of benzene rings is 2. The molecule has 0 aromatic heterocycles. The SMILES string of the molecule is CC(=O)c1cc(OC(C)(C)C)cc2ccccc12. The van der Waals surface area contributed by atoms with Gasteiger partial charge < -0.3 is 4.74 Å². The molecule has 0 radical (unpaired) electrons. The van der Waals surface area contributed by atoms with Gasteiger partial charge in [-0.3, -0.25) is 4.79 Å². The molecule has 0 bridgehead atoms. The third kappa shape index (κ3) is 2.70. The van der Waals surface area contributed by atoms with Gasteiger partial charge >= 0.3 is 0 Å². The highest BCUT2D eigenvalue weighted by atomic mass is 16.5. The molecule has 2 aromatic rings. The molecule has 2 heteroatoms. The first-order chi connectivity index (χ1) is 8.37. The van der Waals surface area contributed by atoms with Crippen molar-refractivity contribution in [1.82, 2.24) is 0 Å². The maximum absolute atomic E-state index is 11.7. The lowest BCUT2D eigenvalue weighted by Crippen LogP contribution is -2.23. The standard InChI is InChI=1S/C16H18O2/c1-11(17)15-10-13(18-16(2,3)4)9-12-7-5-6-8-14(12)15/h5-10H,1-4H3. The second kappa shape index (κ2) is 4.45. The molecule has 0 saturated carbocycles. The van der Waals surface area contributed by atoms with Crippen LogP contribution in [0.5, 0.6) is 5.75 Å². The van der Waals surface area contributed by atoms with E-state index in [1.54, 1.807) is 6.92 Å². The zero-order chi connectivity index (χ0) is 13.3. The van der Waals surface area contributed by atoms with E-state index in [-0.39, 0.29) is 11.4 Å². The quantitative estimate of drug-likeness (QED) is 0.737. The maximum Gasteiger partial charge on any atom is 0.160 e. The van der Waals surface area contributed by atoms with Gasteiger partial charge in [0.25, 0.3) is 0 Å². The lowest BCUT2D eigenvalue weighted by Gasteiger charge is -2.22. The van der Waals surface area contributed by atoms with E-state index < -0.39 is 0 Å². The normalized spacial score (nSPS) is 11.6. The summed E-state index contributed by atoms with van der Waals surface area (Å²) in [5.41, 5.74) is 0.448. The fourth-order valence-corrected chi connectivity index (χ4v) is 1.99. The van der Waals surface area contributed by atoms with Crippen LogP contribution in [0.15, 0.2) is 36.4 Å². The van der Waals surface area contributed by atoms with Crippen molar-refractivity contribution < 1.29 is 9.53 Å². The van der Waals surface area contributed by atoms with E-state index in [9.17, 15) is 4.79 Å². The summed E-state index contributed by atoms with van der Waals surface area (Å²) in [5.74, 6) is 0.803. The van der Waals surface area contributed by atoms with Gasteiger partial charge in [0, 0.05) is 5.56 Å². The number of carbonyl (C=O) groups is 1. The number of carbonyl (C=O) groups excluding carboxylic acids is 1. The van der Waals surface area contributed by atoms with Gasteiger partial charge in [-0.2, -0.15) is 0 Å². The molecule has 0 atom stereocenters. The highest BCUT2D eigenvalue weighted by molar-refractivity contribution is 6.07. The Kier molecular flexibility index (Phi) is 3.12. The fraction of sp³-hybridized carbons (Fsp3) is 0.312. The number of Topliss-reactive ketones (excluding diaryl/α,β-unsaturated/α-hetero) is 1. The Morgan fingerprint density at radius 1 is 1.11 bits per heavy atom. The second-order valence-electron chi connectivity index (χ2n) is 5.46. The Bertz CT molecular complexity index is 592. The molecule has 0 fully saturated rings. The highest BCUT2D eigenvalue weighted by Crippen LogP contribution is 2.28. The van der Waals surface area contributed by atoms with E-state index in [0.29, 0.717) is 5.56 Å². The average Bonchev–Trinajstić information content (AvgIpc) is 2.25. The first-order valence-corrected chi connectivity index (χ1v) is 6.09. The number of ether oxygens (including phenoxy) is 1. The lowest BCUT2D eigenvalue weighted by molar-refractivity contribution is 0.101. The van der Waals surface area contributed by atoms with Crippen molar-refractivity contribution in [2.75, 3.05) is 0 Å². The van der Waals surface area contributed by atoms with Crippen LogP contribution in [0.1, 0.15) is 38.1 Å². The van der Waals surface area contributed by atoms with Gasteiger partial charge in [-0.15, -0.1) is 0 Å². The van der Waals surface area contributed by atoms with E-state index in [4.69, 9.17) is 4.74 Å². The molecular weight excluding hydrogens is 224 g/mol. The van der Waals surface area contributed by atoms with Crippen LogP contribution < -0.4 is 4.74 Å². The van der Waals surface area contributed by atoms with Crippen LogP contribution in [-0.2, 0) is 0 Å². The molecular formula is C16H18O2. The van der Waals surface area contributed by atoms with Crippen molar-refractivity contribution in [3.63, 3.8) is 0 Å². The summed E-state index contributed by atoms with van der Waals surface area (Å²) in [4.78, 5) is 11.7. The van der Waals surface area contributed by atoms with Crippen molar-refractivity contribution in [3.8, 4) is 5.75 Å². The second-order valence-corrected chi connectivity index (χ2v) is 5.46. The third-order valence-electron chi connectivity index (χ3n) is 2.64. The molecule has 2 nitrogen and oxygen atoms in total. The smallest absolute Gasteiger partial charge is 0.160 e. The summed E-state index contributed by atoms with van der Waals surface area (Å²) < 4.78 is 5.85. The van der Waals surface area contributed by atoms with Crippen molar-refractivity contribution in [3.05, 3.63) is 42.0 Å². The Morgan fingerprint density at radius 3 is 2.39 bits per heavy atom. The average molecular weight is 242 g/mol. The molecule has 0 saturated heterocycles.